The fraction of sp³-hybridized carbons (Fsp3) is 0.196. The summed E-state index contributed by atoms with van der Waals surface area (Å²) in [6, 6.07) is 89.4. The van der Waals surface area contributed by atoms with Crippen molar-refractivity contribution in [3.05, 3.63) is 319 Å². The van der Waals surface area contributed by atoms with Gasteiger partial charge in [-0.25, -0.2) is 0 Å². The number of hydrogen-bond donors (Lipinski definition) is 1. The highest BCUT2D eigenvalue weighted by molar-refractivity contribution is 7.08. The number of para-hydroxylation sites is 4. The minimum absolute atomic E-state index is 0.130. The fourth-order valence-electron chi connectivity index (χ4n) is 25.8. The molecule has 0 saturated heterocycles. The van der Waals surface area contributed by atoms with E-state index in [1.807, 2.05) is 0 Å². The molecule has 0 amide bonds. The summed E-state index contributed by atoms with van der Waals surface area (Å²) < 4.78 is 0. The van der Waals surface area contributed by atoms with Gasteiger partial charge in [0.15, 0.2) is 0 Å². The van der Waals surface area contributed by atoms with E-state index in [0.29, 0.717) is 0 Å². The van der Waals surface area contributed by atoms with Crippen molar-refractivity contribution in [1.82, 2.24) is 0 Å². The van der Waals surface area contributed by atoms with Crippen molar-refractivity contribution in [2.24, 2.45) is 0 Å². The van der Waals surface area contributed by atoms with Gasteiger partial charge < -0.3 is 29.8 Å². The maximum atomic E-state index is 4.46. The molecule has 6 nitrogen and oxygen atoms in total. The molecule has 0 spiro atoms. The minimum Gasteiger partial charge on any atom is -0.356 e. The van der Waals surface area contributed by atoms with Crippen molar-refractivity contribution in [1.29, 1.82) is 0 Å². The molecule has 8 aliphatic heterocycles. The second kappa shape index (κ2) is 26.1. The summed E-state index contributed by atoms with van der Waals surface area (Å²) in [5.41, 5.74) is 63.4. The Kier molecular flexibility index (Phi) is 16.1. The van der Waals surface area contributed by atoms with Crippen LogP contribution in [0.2, 0.25) is 26.2 Å². The number of rotatable bonds is 6. The van der Waals surface area contributed by atoms with Crippen molar-refractivity contribution in [3.63, 3.8) is 0 Å². The SMILES string of the molecule is Cc1cc(C)c(-c2cc3c4c(c2)N2c5ccccc5[Si](C)(C)c5cccc(c52)B4c2cc4c(cc2N3)N(c2c(C)cc(C)cc2C)c2cc(-c3c(C)cc(C)cc3C)cc3c2B4c2cc4c(cc2N3c2c(C)cc(C)cc2C)N(c2c(C)cc(C)cc2C)c2cc(-c3c(C)cc(C)cc3C)cc3c2B4c2cccc4c2N3c2ccccc2[Si]4(C)C)c(C)c1. The zero-order valence-corrected chi connectivity index (χ0v) is 77.3. The Bertz CT molecular complexity index is 7270. The number of fused-ring (bicyclic) bond motifs is 16. The van der Waals surface area contributed by atoms with Crippen LogP contribution in [0.25, 0.3) is 33.4 Å². The predicted octanol–water partition coefficient (Wildman–Crippen LogP) is 21.0. The monoisotopic (exact) mass is 1620 g/mol. The average molecular weight is 1620 g/mol. The third-order valence-corrected chi connectivity index (χ3v) is 36.8. The Morgan fingerprint density at radius 1 is 0.211 bits per heavy atom. The Balaban J connectivity index is 0.889. The van der Waals surface area contributed by atoms with Crippen LogP contribution in [0, 0.1) is 125 Å². The lowest BCUT2D eigenvalue weighted by Gasteiger charge is -2.50. The highest BCUT2D eigenvalue weighted by Crippen LogP contribution is 2.56. The Morgan fingerprint density at radius 3 is 0.846 bits per heavy atom. The van der Waals surface area contributed by atoms with Crippen LogP contribution in [0.3, 0.4) is 0 Å². The smallest absolute Gasteiger partial charge is 0.252 e. The second-order valence-corrected chi connectivity index (χ2v) is 47.9. The number of hydrogen-bond acceptors (Lipinski definition) is 6. The number of anilines is 17. The molecule has 0 unspecified atom stereocenters. The van der Waals surface area contributed by atoms with Gasteiger partial charge in [-0.1, -0.05) is 217 Å². The van der Waals surface area contributed by atoms with Gasteiger partial charge >= 0.3 is 0 Å². The Morgan fingerprint density at radius 2 is 0.488 bits per heavy atom. The fourth-order valence-corrected chi connectivity index (χ4v) is 31.8. The first-order valence-electron chi connectivity index (χ1n) is 44.5. The van der Waals surface area contributed by atoms with E-state index in [0.717, 1.165) is 11.4 Å². The van der Waals surface area contributed by atoms with Gasteiger partial charge in [-0.15, -0.1) is 0 Å². The maximum absolute atomic E-state index is 4.46. The molecule has 123 heavy (non-hydrogen) atoms. The first kappa shape index (κ1) is 75.7. The van der Waals surface area contributed by atoms with E-state index in [-0.39, 0.29) is 20.1 Å². The highest BCUT2D eigenvalue weighted by Gasteiger charge is 2.55. The second-order valence-electron chi connectivity index (χ2n) is 39.2. The van der Waals surface area contributed by atoms with Crippen molar-refractivity contribution < 1.29 is 0 Å². The summed E-state index contributed by atoms with van der Waals surface area (Å²) in [5, 5.41) is 10.4. The third kappa shape index (κ3) is 10.4. The van der Waals surface area contributed by atoms with Crippen molar-refractivity contribution in [2.45, 2.75) is 151 Å². The molecule has 0 bridgehead atoms. The van der Waals surface area contributed by atoms with Gasteiger partial charge in [0, 0.05) is 79.6 Å². The average Bonchev–Trinajstić information content (AvgIpc) is 0.673. The first-order valence-corrected chi connectivity index (χ1v) is 50.5. The molecule has 0 atom stereocenters. The van der Waals surface area contributed by atoms with Crippen LogP contribution in [0.5, 0.6) is 0 Å². The van der Waals surface area contributed by atoms with Gasteiger partial charge in [-0.05, 0) is 355 Å². The standard InChI is InChI=1S/C112H103B3N6Si2/c1-59-37-65(7)102(66(8)38-59)77-49-87-105-93(50-77)117-88-31-23-25-33-98(88)122(19,20)100-35-27-29-80(111(100)117)113(105)82-55-83-90(57-86(82)116-87)119(108-71(13)43-62(4)44-72(108)14)96-53-79(104-69(11)41-61(3)42-70(104)12)54-97-107(96)115(83)85-56-84-91(58-92(85)121(97)110-75(17)47-64(6)48-76(110)18)120(109-73(15)45-63(5)46-74(109)16)95-52-78(103-67(9)39-60(2)40-68(103)10)51-94-106(95)114(84)81-30-28-36-101-112(81)118(94)89-32-24-26-34-99(89)123(101,21)22/h23-58,116H,1-22H3. The Labute approximate surface area is 730 Å². The lowest BCUT2D eigenvalue weighted by atomic mass is 9.29. The molecule has 23 rings (SSSR count). The third-order valence-electron chi connectivity index (χ3n) is 29.8. The van der Waals surface area contributed by atoms with Crippen LogP contribution in [-0.2, 0) is 0 Å². The van der Waals surface area contributed by atoms with Crippen molar-refractivity contribution >= 4 is 203 Å². The zero-order chi connectivity index (χ0) is 85.0. The summed E-state index contributed by atoms with van der Waals surface area (Å²) >= 11 is 0. The number of nitrogens with one attached hydrogen (secondary N) is 1. The molecule has 8 heterocycles. The predicted molar refractivity (Wildman–Crippen MR) is 539 cm³/mol. The summed E-state index contributed by atoms with van der Waals surface area (Å²) in [4.78, 5) is 13.8. The summed E-state index contributed by atoms with van der Waals surface area (Å²) in [7, 11) is -4.71. The molecule has 8 aliphatic rings. The molecule has 0 fully saturated rings. The van der Waals surface area contributed by atoms with Gasteiger partial charge in [0.2, 0.25) is 0 Å². The topological polar surface area (TPSA) is 28.2 Å². The molecule has 15 aromatic rings. The van der Waals surface area contributed by atoms with Gasteiger partial charge in [-0.2, -0.15) is 0 Å². The normalized spacial score (nSPS) is 14.8. The molecule has 11 heteroatoms. The van der Waals surface area contributed by atoms with E-state index < -0.39 is 16.1 Å². The van der Waals surface area contributed by atoms with Crippen LogP contribution in [-0.4, -0.2) is 36.3 Å². The number of benzene rings is 15. The number of aryl methyl sites for hydroxylation is 18. The quantitative estimate of drug-likeness (QED) is 0.167. The summed E-state index contributed by atoms with van der Waals surface area (Å²) in [6.07, 6.45) is 0. The molecule has 0 aromatic heterocycles. The van der Waals surface area contributed by atoms with Crippen LogP contribution in [0.4, 0.5) is 96.7 Å². The molecule has 1 N–H and O–H groups in total. The van der Waals surface area contributed by atoms with Crippen LogP contribution < -0.4 is 99.7 Å². The van der Waals surface area contributed by atoms with E-state index in [1.165, 1.54) is 289 Å². The molecule has 15 aromatic carbocycles. The minimum atomic E-state index is -2.38. The maximum Gasteiger partial charge on any atom is 0.252 e. The van der Waals surface area contributed by atoms with Crippen LogP contribution in [0.15, 0.2) is 218 Å². The van der Waals surface area contributed by atoms with Crippen LogP contribution >= 0.6 is 0 Å². The summed E-state index contributed by atoms with van der Waals surface area (Å²) in [5.74, 6) is 0. The summed E-state index contributed by atoms with van der Waals surface area (Å²) in [6.45, 7) is 51.7. The van der Waals surface area contributed by atoms with Crippen LogP contribution in [0.1, 0.15) is 100 Å². The largest absolute Gasteiger partial charge is 0.356 e. The molecule has 0 radical (unpaired) electrons. The van der Waals surface area contributed by atoms with Gasteiger partial charge in [0.1, 0.15) is 16.1 Å². The first-order chi connectivity index (χ1) is 58.9. The lowest BCUT2D eigenvalue weighted by molar-refractivity contribution is 1.18. The van der Waals surface area contributed by atoms with E-state index in [2.05, 4.69) is 399 Å². The number of nitrogens with zero attached hydrogens (tertiary/aromatic N) is 5. The zero-order valence-electron chi connectivity index (χ0n) is 75.3. The Hall–Kier alpha value is -12.3. The van der Waals surface area contributed by atoms with E-state index in [1.54, 1.807) is 0 Å². The lowest BCUT2D eigenvalue weighted by Crippen LogP contribution is -2.69. The van der Waals surface area contributed by atoms with Gasteiger partial charge in [-0.3, -0.25) is 0 Å². The van der Waals surface area contributed by atoms with E-state index in [4.69, 9.17) is 0 Å². The molecular weight excluding hydrogens is 1520 g/mol. The van der Waals surface area contributed by atoms with E-state index in [9.17, 15) is 0 Å². The van der Waals surface area contributed by atoms with Crippen molar-refractivity contribution in [2.75, 3.05) is 29.8 Å². The van der Waals surface area contributed by atoms with Gasteiger partial charge in [0.05, 0.1) is 17.1 Å². The van der Waals surface area contributed by atoms with E-state index >= 15 is 0 Å². The van der Waals surface area contributed by atoms with Crippen molar-refractivity contribution in [3.8, 4) is 33.4 Å². The molecule has 598 valence electrons. The molecular formula is C112H103B3N6Si2. The molecule has 0 aliphatic carbocycles. The highest BCUT2D eigenvalue weighted by atomic mass is 28.3. The van der Waals surface area contributed by atoms with Gasteiger partial charge in [0.25, 0.3) is 20.1 Å². The molecule has 0 saturated carbocycles.